The van der Waals surface area contributed by atoms with E-state index in [0.717, 1.165) is 0 Å². The lowest BCUT2D eigenvalue weighted by Gasteiger charge is -2.10. The van der Waals surface area contributed by atoms with Gasteiger partial charge in [0.1, 0.15) is 5.82 Å². The van der Waals surface area contributed by atoms with E-state index in [9.17, 15) is 14.3 Å². The summed E-state index contributed by atoms with van der Waals surface area (Å²) in [5.41, 5.74) is -0.0615. The maximum absolute atomic E-state index is 13.6. The van der Waals surface area contributed by atoms with E-state index in [1.807, 2.05) is 0 Å². The smallest absolute Gasteiger partial charge is 0.303 e. The quantitative estimate of drug-likeness (QED) is 0.894. The number of aromatic hydroxyl groups is 1. The second-order valence-electron chi connectivity index (χ2n) is 3.10. The predicted molar refractivity (Wildman–Crippen MR) is 58.3 cm³/mol. The molecule has 0 fully saturated rings. The van der Waals surface area contributed by atoms with Gasteiger partial charge in [-0.3, -0.25) is 4.79 Å². The van der Waals surface area contributed by atoms with Crippen LogP contribution < -0.4 is 4.74 Å². The number of hydrogen-bond donors (Lipinski definition) is 2. The van der Waals surface area contributed by atoms with Crippen LogP contribution >= 0.6 is 15.9 Å². The molecule has 0 radical (unpaired) electrons. The number of benzene rings is 1. The van der Waals surface area contributed by atoms with Gasteiger partial charge in [0.05, 0.1) is 11.6 Å². The molecule has 0 heterocycles. The molecule has 1 aromatic rings. The van der Waals surface area contributed by atoms with Gasteiger partial charge in [0, 0.05) is 18.1 Å². The number of halogens is 2. The van der Waals surface area contributed by atoms with Crippen LogP contribution in [0.5, 0.6) is 11.5 Å². The minimum atomic E-state index is -1.06. The lowest BCUT2D eigenvalue weighted by atomic mass is 10.1. The molecule has 1 aromatic carbocycles. The molecule has 0 aromatic heterocycles. The van der Waals surface area contributed by atoms with Gasteiger partial charge in [-0.1, -0.05) is 0 Å². The summed E-state index contributed by atoms with van der Waals surface area (Å²) in [5, 5.41) is 18.1. The van der Waals surface area contributed by atoms with Crippen molar-refractivity contribution in [2.75, 3.05) is 7.11 Å². The molecule has 0 unspecified atom stereocenters. The van der Waals surface area contributed by atoms with Crippen LogP contribution in [0.1, 0.15) is 12.0 Å². The highest BCUT2D eigenvalue weighted by atomic mass is 79.9. The van der Waals surface area contributed by atoms with Crippen molar-refractivity contribution in [2.45, 2.75) is 12.8 Å². The van der Waals surface area contributed by atoms with Crippen LogP contribution in [0, 0.1) is 5.82 Å². The van der Waals surface area contributed by atoms with Crippen LogP contribution in [0.15, 0.2) is 10.5 Å². The Bertz CT molecular complexity index is 420. The largest absolute Gasteiger partial charge is 0.504 e. The normalized spacial score (nSPS) is 10.2. The molecule has 0 bridgehead atoms. The van der Waals surface area contributed by atoms with Crippen LogP contribution in [0.4, 0.5) is 4.39 Å². The summed E-state index contributed by atoms with van der Waals surface area (Å²) in [6, 6.07) is 1.29. The Morgan fingerprint density at radius 2 is 2.25 bits per heavy atom. The van der Waals surface area contributed by atoms with E-state index in [1.54, 1.807) is 0 Å². The maximum atomic E-state index is 13.6. The van der Waals surface area contributed by atoms with E-state index in [2.05, 4.69) is 15.9 Å². The standard InChI is InChI=1S/C10H10BrFO4/c1-16-7-4-6(11)9(12)5(10(7)15)2-3-8(13)14/h4,15H,2-3H2,1H3,(H,13,14). The molecule has 88 valence electrons. The fourth-order valence-electron chi connectivity index (χ4n) is 1.26. The van der Waals surface area contributed by atoms with Crippen LogP contribution in [0.3, 0.4) is 0 Å². The number of hydrogen-bond acceptors (Lipinski definition) is 3. The molecule has 4 nitrogen and oxygen atoms in total. The predicted octanol–water partition coefficient (Wildman–Crippen LogP) is 2.32. The SMILES string of the molecule is COc1cc(Br)c(F)c(CCC(=O)O)c1O. The highest BCUT2D eigenvalue weighted by Crippen LogP contribution is 2.36. The number of methoxy groups -OCH3 is 1. The summed E-state index contributed by atoms with van der Waals surface area (Å²) in [7, 11) is 1.33. The summed E-state index contributed by atoms with van der Waals surface area (Å²) in [4.78, 5) is 10.4. The Morgan fingerprint density at radius 1 is 1.62 bits per heavy atom. The number of phenols is 1. The number of carboxylic acid groups (broad SMARTS) is 1. The average molecular weight is 293 g/mol. The third-order valence-corrected chi connectivity index (χ3v) is 2.64. The van der Waals surface area contributed by atoms with Gasteiger partial charge in [-0.25, -0.2) is 4.39 Å². The summed E-state index contributed by atoms with van der Waals surface area (Å²) in [5.74, 6) is -1.98. The van der Waals surface area contributed by atoms with Crippen molar-refractivity contribution in [2.24, 2.45) is 0 Å². The number of rotatable bonds is 4. The monoisotopic (exact) mass is 292 g/mol. The van der Waals surface area contributed by atoms with Gasteiger partial charge >= 0.3 is 5.97 Å². The van der Waals surface area contributed by atoms with Crippen LogP contribution in [0.2, 0.25) is 0 Å². The van der Waals surface area contributed by atoms with Gasteiger partial charge in [0.15, 0.2) is 11.5 Å². The molecule has 0 aliphatic heterocycles. The molecular formula is C10H10BrFO4. The van der Waals surface area contributed by atoms with Crippen molar-refractivity contribution >= 4 is 21.9 Å². The van der Waals surface area contributed by atoms with Gasteiger partial charge in [-0.05, 0) is 22.4 Å². The third-order valence-electron chi connectivity index (χ3n) is 2.06. The third kappa shape index (κ3) is 2.63. The summed E-state index contributed by atoms with van der Waals surface area (Å²) >= 11 is 2.97. The van der Waals surface area contributed by atoms with Crippen LogP contribution in [-0.2, 0) is 11.2 Å². The molecule has 1 rings (SSSR count). The molecule has 0 saturated heterocycles. The first-order chi connectivity index (χ1) is 7.47. The van der Waals surface area contributed by atoms with E-state index < -0.39 is 11.8 Å². The van der Waals surface area contributed by atoms with E-state index in [-0.39, 0.29) is 34.4 Å². The summed E-state index contributed by atoms with van der Waals surface area (Å²) in [6.07, 6.45) is -0.354. The minimum Gasteiger partial charge on any atom is -0.504 e. The van der Waals surface area contributed by atoms with Crippen molar-refractivity contribution in [3.63, 3.8) is 0 Å². The van der Waals surface area contributed by atoms with Crippen molar-refractivity contribution in [3.8, 4) is 11.5 Å². The molecule has 0 aliphatic carbocycles. The molecule has 0 atom stereocenters. The number of carbonyl (C=O) groups is 1. The van der Waals surface area contributed by atoms with Gasteiger partial charge in [-0.15, -0.1) is 0 Å². The zero-order chi connectivity index (χ0) is 12.3. The highest BCUT2D eigenvalue weighted by molar-refractivity contribution is 9.10. The molecule has 16 heavy (non-hydrogen) atoms. The molecule has 0 saturated carbocycles. The fraction of sp³-hybridized carbons (Fsp3) is 0.300. The minimum absolute atomic E-state index is 0.0615. The Morgan fingerprint density at radius 3 is 2.75 bits per heavy atom. The topological polar surface area (TPSA) is 66.8 Å². The summed E-state index contributed by atoms with van der Waals surface area (Å²) in [6.45, 7) is 0. The molecule has 2 N–H and O–H groups in total. The van der Waals surface area contributed by atoms with E-state index in [1.165, 1.54) is 13.2 Å². The first-order valence-electron chi connectivity index (χ1n) is 4.43. The van der Waals surface area contributed by atoms with Gasteiger partial charge < -0.3 is 14.9 Å². The van der Waals surface area contributed by atoms with E-state index in [4.69, 9.17) is 9.84 Å². The van der Waals surface area contributed by atoms with Crippen molar-refractivity contribution < 1.29 is 24.1 Å². The molecule has 0 spiro atoms. The first kappa shape index (κ1) is 12.8. The lowest BCUT2D eigenvalue weighted by molar-refractivity contribution is -0.136. The second kappa shape index (κ2) is 5.16. The second-order valence-corrected chi connectivity index (χ2v) is 3.95. The van der Waals surface area contributed by atoms with E-state index >= 15 is 0 Å². The maximum Gasteiger partial charge on any atom is 0.303 e. The Hall–Kier alpha value is -1.30. The Kier molecular flexibility index (Phi) is 4.12. The number of carboxylic acids is 1. The Balaban J connectivity index is 3.14. The highest BCUT2D eigenvalue weighted by Gasteiger charge is 2.17. The van der Waals surface area contributed by atoms with Crippen molar-refractivity contribution in [1.82, 2.24) is 0 Å². The number of ether oxygens (including phenoxy) is 1. The van der Waals surface area contributed by atoms with E-state index in [0.29, 0.717) is 0 Å². The molecular weight excluding hydrogens is 283 g/mol. The Labute approximate surface area is 99.8 Å². The van der Waals surface area contributed by atoms with Gasteiger partial charge in [-0.2, -0.15) is 0 Å². The molecule has 0 amide bonds. The molecule has 0 aliphatic rings. The van der Waals surface area contributed by atoms with Crippen LogP contribution in [0.25, 0.3) is 0 Å². The van der Waals surface area contributed by atoms with Crippen LogP contribution in [-0.4, -0.2) is 23.3 Å². The van der Waals surface area contributed by atoms with Gasteiger partial charge in [0.25, 0.3) is 0 Å². The molecule has 6 heteroatoms. The average Bonchev–Trinajstić information content (AvgIpc) is 2.23. The zero-order valence-corrected chi connectivity index (χ0v) is 10.0. The van der Waals surface area contributed by atoms with Gasteiger partial charge in [0.2, 0.25) is 0 Å². The number of aliphatic carboxylic acids is 1. The zero-order valence-electron chi connectivity index (χ0n) is 8.46. The lowest BCUT2D eigenvalue weighted by Crippen LogP contribution is -2.01. The van der Waals surface area contributed by atoms with Crippen molar-refractivity contribution in [3.05, 3.63) is 21.9 Å². The first-order valence-corrected chi connectivity index (χ1v) is 5.22. The van der Waals surface area contributed by atoms with Crippen molar-refractivity contribution in [1.29, 1.82) is 0 Å². The summed E-state index contributed by atoms with van der Waals surface area (Å²) < 4.78 is 18.5. The number of phenolic OH excluding ortho intramolecular Hbond substituents is 1. The fourth-order valence-corrected chi connectivity index (χ4v) is 1.71.